The van der Waals surface area contributed by atoms with E-state index >= 15 is 0 Å². The lowest BCUT2D eigenvalue weighted by molar-refractivity contribution is 0.0955. The number of nitrogens with zero attached hydrogens (tertiary/aromatic N) is 1. The summed E-state index contributed by atoms with van der Waals surface area (Å²) in [5, 5.41) is 3.75. The number of hydrogen-bond donors (Lipinski definition) is 1. The minimum absolute atomic E-state index is 0.247. The van der Waals surface area contributed by atoms with Crippen LogP contribution in [0.3, 0.4) is 0 Å². The molecule has 1 amide bonds. The van der Waals surface area contributed by atoms with Gasteiger partial charge in [-0.3, -0.25) is 4.79 Å². The number of benzene rings is 1. The van der Waals surface area contributed by atoms with E-state index < -0.39 is 2.14 Å². The lowest BCUT2D eigenvalue weighted by Crippen LogP contribution is -2.18. The zero-order valence-corrected chi connectivity index (χ0v) is 12.2. The number of carbonyl (C=O) groups excluding carboxylic acids is 1. The highest BCUT2D eigenvalue weighted by Gasteiger charge is 2.13. The van der Waals surface area contributed by atoms with Crippen molar-refractivity contribution >= 4 is 59.9 Å². The smallest absolute Gasteiger partial charge is 0.267 e. The topological polar surface area (TPSA) is 41.5 Å². The molecule has 0 atom stereocenters. The first-order chi connectivity index (χ1) is 6.99. The minimum Gasteiger partial charge on any atom is -0.267 e. The normalized spacial score (nSPS) is 11.7. The standard InChI is InChI=1S/C9H7Br3N2O/c10-9(11,12)6-13-14-8(15)7-4-2-1-3-5-7/h1-6H,(H,14,15). The Bertz CT molecular complexity index is 359. The molecule has 0 radical (unpaired) electrons. The van der Waals surface area contributed by atoms with Crippen LogP contribution in [0.25, 0.3) is 0 Å². The van der Waals surface area contributed by atoms with E-state index in [0.717, 1.165) is 0 Å². The van der Waals surface area contributed by atoms with Crippen molar-refractivity contribution in [3.05, 3.63) is 35.9 Å². The second-order valence-corrected chi connectivity index (χ2v) is 9.55. The first-order valence-electron chi connectivity index (χ1n) is 3.95. The molecular weight excluding hydrogens is 392 g/mol. The van der Waals surface area contributed by atoms with Gasteiger partial charge in [0.25, 0.3) is 5.91 Å². The van der Waals surface area contributed by atoms with Gasteiger partial charge in [-0.05, 0) is 12.1 Å². The molecule has 0 unspecified atom stereocenters. The van der Waals surface area contributed by atoms with E-state index in [4.69, 9.17) is 0 Å². The van der Waals surface area contributed by atoms with Crippen molar-refractivity contribution in [2.24, 2.45) is 5.10 Å². The monoisotopic (exact) mass is 396 g/mol. The number of nitrogens with one attached hydrogen (secondary N) is 1. The number of alkyl halides is 3. The van der Waals surface area contributed by atoms with Gasteiger partial charge in [-0.1, -0.05) is 66.0 Å². The maximum Gasteiger partial charge on any atom is 0.271 e. The van der Waals surface area contributed by atoms with Gasteiger partial charge < -0.3 is 0 Å². The van der Waals surface area contributed by atoms with Crippen LogP contribution < -0.4 is 5.43 Å². The van der Waals surface area contributed by atoms with Gasteiger partial charge in [-0.15, -0.1) is 0 Å². The highest BCUT2D eigenvalue weighted by Crippen LogP contribution is 2.30. The summed E-state index contributed by atoms with van der Waals surface area (Å²) in [6.07, 6.45) is 1.47. The molecule has 1 rings (SSSR count). The highest BCUT2D eigenvalue weighted by atomic mass is 80.0. The fraction of sp³-hybridized carbons (Fsp3) is 0.111. The first-order valence-corrected chi connectivity index (χ1v) is 6.33. The van der Waals surface area contributed by atoms with Crippen LogP contribution in [0.4, 0.5) is 0 Å². The molecule has 3 nitrogen and oxygen atoms in total. The molecule has 1 aromatic rings. The summed E-state index contributed by atoms with van der Waals surface area (Å²) in [4.78, 5) is 11.5. The number of carbonyl (C=O) groups is 1. The molecule has 80 valence electrons. The molecule has 0 aromatic heterocycles. The van der Waals surface area contributed by atoms with E-state index in [9.17, 15) is 4.79 Å². The third-order valence-electron chi connectivity index (χ3n) is 1.41. The molecule has 0 heterocycles. The predicted molar refractivity (Wildman–Crippen MR) is 71.9 cm³/mol. The number of rotatable bonds is 2. The van der Waals surface area contributed by atoms with Gasteiger partial charge in [-0.2, -0.15) is 5.10 Å². The molecule has 0 aliphatic rings. The van der Waals surface area contributed by atoms with Gasteiger partial charge >= 0.3 is 0 Å². The van der Waals surface area contributed by atoms with Crippen LogP contribution in [0.15, 0.2) is 35.4 Å². The zero-order chi connectivity index (χ0) is 11.3. The second kappa shape index (κ2) is 5.77. The van der Waals surface area contributed by atoms with Crippen LogP contribution >= 0.6 is 47.8 Å². The quantitative estimate of drug-likeness (QED) is 0.464. The lowest BCUT2D eigenvalue weighted by atomic mass is 10.2. The van der Waals surface area contributed by atoms with E-state index in [1.165, 1.54) is 6.21 Å². The van der Waals surface area contributed by atoms with Gasteiger partial charge in [0.2, 0.25) is 0 Å². The molecule has 1 aromatic carbocycles. The Morgan fingerprint density at radius 1 is 1.27 bits per heavy atom. The van der Waals surface area contributed by atoms with E-state index in [0.29, 0.717) is 5.56 Å². The van der Waals surface area contributed by atoms with E-state index in [1.54, 1.807) is 24.3 Å². The Morgan fingerprint density at radius 2 is 1.87 bits per heavy atom. The SMILES string of the molecule is O=C(NN=CC(Br)(Br)Br)c1ccccc1. The summed E-state index contributed by atoms with van der Waals surface area (Å²) < 4.78 is -0.586. The molecular formula is C9H7Br3N2O. The molecule has 6 heteroatoms. The fourth-order valence-corrected chi connectivity index (χ4v) is 1.13. The Hall–Kier alpha value is -0.200. The maximum atomic E-state index is 11.5. The average Bonchev–Trinajstić information content (AvgIpc) is 2.17. The van der Waals surface area contributed by atoms with Crippen molar-refractivity contribution in [2.75, 3.05) is 0 Å². The molecule has 0 saturated carbocycles. The van der Waals surface area contributed by atoms with Crippen molar-refractivity contribution in [2.45, 2.75) is 2.14 Å². The lowest BCUT2D eigenvalue weighted by Gasteiger charge is -2.03. The number of hydrogen-bond acceptors (Lipinski definition) is 2. The average molecular weight is 399 g/mol. The molecule has 0 aliphatic heterocycles. The molecule has 0 fully saturated rings. The largest absolute Gasteiger partial charge is 0.271 e. The van der Waals surface area contributed by atoms with Crippen molar-refractivity contribution in [3.63, 3.8) is 0 Å². The van der Waals surface area contributed by atoms with Crippen molar-refractivity contribution in [1.29, 1.82) is 0 Å². The fourth-order valence-electron chi connectivity index (χ4n) is 0.818. The molecule has 0 saturated heterocycles. The Kier molecular flexibility index (Phi) is 4.95. The maximum absolute atomic E-state index is 11.5. The zero-order valence-electron chi connectivity index (χ0n) is 7.45. The van der Waals surface area contributed by atoms with Crippen LogP contribution in [0.2, 0.25) is 0 Å². The second-order valence-electron chi connectivity index (χ2n) is 2.61. The molecule has 0 aliphatic carbocycles. The minimum atomic E-state index is -0.586. The van der Waals surface area contributed by atoms with Gasteiger partial charge in [0, 0.05) is 5.56 Å². The summed E-state index contributed by atoms with van der Waals surface area (Å²) in [5.74, 6) is -0.247. The summed E-state index contributed by atoms with van der Waals surface area (Å²) in [6, 6.07) is 8.87. The Balaban J connectivity index is 2.55. The molecule has 15 heavy (non-hydrogen) atoms. The van der Waals surface area contributed by atoms with Gasteiger partial charge in [0.15, 0.2) is 2.14 Å². The number of amides is 1. The van der Waals surface area contributed by atoms with Gasteiger partial charge in [-0.25, -0.2) is 5.43 Å². The van der Waals surface area contributed by atoms with Crippen LogP contribution in [-0.4, -0.2) is 14.3 Å². The molecule has 1 N–H and O–H groups in total. The van der Waals surface area contributed by atoms with Crippen molar-refractivity contribution in [3.8, 4) is 0 Å². The molecule has 0 bridgehead atoms. The first kappa shape index (κ1) is 12.9. The summed E-state index contributed by atoms with van der Waals surface area (Å²) in [7, 11) is 0. The third kappa shape index (κ3) is 5.44. The number of halogens is 3. The summed E-state index contributed by atoms with van der Waals surface area (Å²) in [5.41, 5.74) is 2.96. The highest BCUT2D eigenvalue weighted by molar-refractivity contribution is 9.40. The molecule has 0 spiro atoms. The Labute approximate surface area is 113 Å². The predicted octanol–water partition coefficient (Wildman–Crippen LogP) is 3.24. The summed E-state index contributed by atoms with van der Waals surface area (Å²) >= 11 is 9.65. The number of hydrazone groups is 1. The van der Waals surface area contributed by atoms with Crippen LogP contribution in [0.5, 0.6) is 0 Å². The van der Waals surface area contributed by atoms with Gasteiger partial charge in [0.1, 0.15) is 0 Å². The summed E-state index contributed by atoms with van der Waals surface area (Å²) in [6.45, 7) is 0. The van der Waals surface area contributed by atoms with Crippen LogP contribution in [0.1, 0.15) is 10.4 Å². The van der Waals surface area contributed by atoms with Crippen molar-refractivity contribution in [1.82, 2.24) is 5.43 Å². The van der Waals surface area contributed by atoms with E-state index in [-0.39, 0.29) is 5.91 Å². The van der Waals surface area contributed by atoms with E-state index in [1.807, 2.05) is 6.07 Å². The van der Waals surface area contributed by atoms with E-state index in [2.05, 4.69) is 58.3 Å². The van der Waals surface area contributed by atoms with Crippen molar-refractivity contribution < 1.29 is 4.79 Å². The Morgan fingerprint density at radius 3 is 2.40 bits per heavy atom. The third-order valence-corrected chi connectivity index (χ3v) is 2.03. The van der Waals surface area contributed by atoms with Crippen LogP contribution in [0, 0.1) is 0 Å². The van der Waals surface area contributed by atoms with Gasteiger partial charge in [0.05, 0.1) is 6.21 Å². The van der Waals surface area contributed by atoms with Crippen LogP contribution in [-0.2, 0) is 0 Å².